The van der Waals surface area contributed by atoms with Gasteiger partial charge in [0.05, 0.1) is 9.50 Å². The van der Waals surface area contributed by atoms with Crippen molar-refractivity contribution in [2.24, 2.45) is 4.99 Å². The maximum Gasteiger partial charge on any atom is 0.131 e. The number of nitrogens with one attached hydrogen (secondary N) is 1. The molecule has 0 bridgehead atoms. The molecule has 0 aromatic carbocycles. The number of rotatable bonds is 1. The quantitative estimate of drug-likeness (QED) is 0.770. The number of anilines is 1. The van der Waals surface area contributed by atoms with Crippen LogP contribution in [0.15, 0.2) is 15.7 Å². The highest BCUT2D eigenvalue weighted by Gasteiger charge is 2.52. The van der Waals surface area contributed by atoms with Gasteiger partial charge in [0.1, 0.15) is 11.4 Å². The van der Waals surface area contributed by atoms with E-state index in [1.807, 2.05) is 0 Å². The Bertz CT molecular complexity index is 565. The van der Waals surface area contributed by atoms with Gasteiger partial charge in [-0.2, -0.15) is 0 Å². The first-order valence-electron chi connectivity index (χ1n) is 6.24. The summed E-state index contributed by atoms with van der Waals surface area (Å²) in [5.74, 6) is 0.839. The molecule has 2 atom stereocenters. The number of aliphatic imine (C=N–C) groups is 1. The van der Waals surface area contributed by atoms with E-state index in [2.05, 4.69) is 31.2 Å². The molecule has 1 aliphatic heterocycles. The molecular formula is C13H15BrClN3O. The Kier molecular flexibility index (Phi) is 3.11. The first-order chi connectivity index (χ1) is 9.00. The van der Waals surface area contributed by atoms with E-state index in [1.54, 1.807) is 19.5 Å². The third kappa shape index (κ3) is 1.99. The third-order valence-electron chi connectivity index (χ3n) is 4.15. The normalized spacial score (nSPS) is 33.1. The lowest BCUT2D eigenvalue weighted by atomic mass is 9.80. The van der Waals surface area contributed by atoms with E-state index in [1.165, 1.54) is 0 Å². The zero-order valence-corrected chi connectivity index (χ0v) is 12.9. The van der Waals surface area contributed by atoms with Crippen LogP contribution in [0.1, 0.15) is 24.8 Å². The van der Waals surface area contributed by atoms with Crippen molar-refractivity contribution in [3.8, 4) is 0 Å². The first kappa shape index (κ1) is 13.3. The van der Waals surface area contributed by atoms with Crippen molar-refractivity contribution < 1.29 is 5.11 Å². The fraction of sp³-hybridized carbons (Fsp3) is 0.538. The number of hydrogen-bond acceptors (Lipinski definition) is 4. The molecule has 0 radical (unpaired) electrons. The van der Waals surface area contributed by atoms with E-state index < -0.39 is 5.60 Å². The molecule has 6 heteroatoms. The summed E-state index contributed by atoms with van der Waals surface area (Å²) < 4.78 is 0.801. The Morgan fingerprint density at radius 3 is 3.11 bits per heavy atom. The molecule has 1 aromatic rings. The zero-order valence-electron chi connectivity index (χ0n) is 10.6. The predicted octanol–water partition coefficient (Wildman–Crippen LogP) is 2.78. The van der Waals surface area contributed by atoms with Crippen LogP contribution in [0.5, 0.6) is 0 Å². The minimum absolute atomic E-state index is 0.140. The van der Waals surface area contributed by atoms with Crippen molar-refractivity contribution in [2.75, 3.05) is 18.9 Å². The van der Waals surface area contributed by atoms with Gasteiger partial charge in [0.2, 0.25) is 0 Å². The fourth-order valence-corrected chi connectivity index (χ4v) is 4.00. The molecule has 2 N–H and O–H groups in total. The van der Waals surface area contributed by atoms with Crippen molar-refractivity contribution in [1.82, 2.24) is 4.98 Å². The van der Waals surface area contributed by atoms with Crippen LogP contribution in [-0.2, 0) is 5.41 Å². The second-order valence-electron chi connectivity index (χ2n) is 5.45. The Hall–Kier alpha value is -0.650. The SMILES string of the molecule is CN=C[C@@]1(O)CC[C@@]2(CNc3ncc(Br)c(Cl)c32)C1. The molecule has 0 amide bonds. The van der Waals surface area contributed by atoms with Gasteiger partial charge in [0, 0.05) is 37.0 Å². The Balaban J connectivity index is 2.06. The van der Waals surface area contributed by atoms with Crippen LogP contribution in [0.2, 0.25) is 5.02 Å². The highest BCUT2D eigenvalue weighted by molar-refractivity contribution is 9.10. The molecule has 1 fully saturated rings. The summed E-state index contributed by atoms with van der Waals surface area (Å²) in [6.07, 6.45) is 5.58. The van der Waals surface area contributed by atoms with Crippen LogP contribution >= 0.6 is 27.5 Å². The van der Waals surface area contributed by atoms with Gasteiger partial charge >= 0.3 is 0 Å². The smallest absolute Gasteiger partial charge is 0.131 e. The van der Waals surface area contributed by atoms with Crippen LogP contribution < -0.4 is 5.32 Å². The molecule has 3 rings (SSSR count). The lowest BCUT2D eigenvalue weighted by Crippen LogP contribution is -2.33. The van der Waals surface area contributed by atoms with Crippen LogP contribution in [0, 0.1) is 0 Å². The molecule has 2 aliphatic rings. The molecule has 0 saturated heterocycles. The van der Waals surface area contributed by atoms with Gasteiger partial charge in [-0.05, 0) is 35.2 Å². The van der Waals surface area contributed by atoms with Crippen LogP contribution in [0.3, 0.4) is 0 Å². The molecule has 4 nitrogen and oxygen atoms in total. The average molecular weight is 345 g/mol. The zero-order chi connectivity index (χ0) is 13.7. The summed E-state index contributed by atoms with van der Waals surface area (Å²) in [5, 5.41) is 14.6. The second kappa shape index (κ2) is 4.43. The van der Waals surface area contributed by atoms with Crippen LogP contribution in [0.25, 0.3) is 0 Å². The van der Waals surface area contributed by atoms with E-state index in [9.17, 15) is 5.11 Å². The molecule has 0 unspecified atom stereocenters. The third-order valence-corrected chi connectivity index (χ3v) is 5.37. The van der Waals surface area contributed by atoms with Gasteiger partial charge in [-0.25, -0.2) is 4.98 Å². The fourth-order valence-electron chi connectivity index (χ4n) is 3.36. The Labute approximate surface area is 125 Å². The minimum atomic E-state index is -0.830. The topological polar surface area (TPSA) is 57.5 Å². The molecule has 1 saturated carbocycles. The van der Waals surface area contributed by atoms with Crippen LogP contribution in [-0.4, -0.2) is 35.5 Å². The lowest BCUT2D eigenvalue weighted by Gasteiger charge is -2.26. The summed E-state index contributed by atoms with van der Waals surface area (Å²) in [5.41, 5.74) is 0.0620. The van der Waals surface area contributed by atoms with Crippen LogP contribution in [0.4, 0.5) is 5.82 Å². The first-order valence-corrected chi connectivity index (χ1v) is 7.41. The minimum Gasteiger partial charge on any atom is -0.384 e. The highest BCUT2D eigenvalue weighted by atomic mass is 79.9. The van der Waals surface area contributed by atoms with E-state index in [-0.39, 0.29) is 5.41 Å². The number of halogens is 2. The lowest BCUT2D eigenvalue weighted by molar-refractivity contribution is 0.118. The van der Waals surface area contributed by atoms with Crippen molar-refractivity contribution in [1.29, 1.82) is 0 Å². The van der Waals surface area contributed by atoms with Gasteiger partial charge < -0.3 is 10.4 Å². The number of aromatic nitrogens is 1. The summed E-state index contributed by atoms with van der Waals surface area (Å²) in [4.78, 5) is 8.36. The number of fused-ring (bicyclic) bond motifs is 2. The van der Waals surface area contributed by atoms with Gasteiger partial charge in [-0.15, -0.1) is 0 Å². The summed E-state index contributed by atoms with van der Waals surface area (Å²) in [6.45, 7) is 0.769. The summed E-state index contributed by atoms with van der Waals surface area (Å²) in [7, 11) is 1.69. The van der Waals surface area contributed by atoms with Gasteiger partial charge in [-0.1, -0.05) is 11.6 Å². The average Bonchev–Trinajstić information content (AvgIpc) is 2.88. The van der Waals surface area contributed by atoms with E-state index >= 15 is 0 Å². The number of aliphatic hydroxyl groups is 1. The molecule has 1 aromatic heterocycles. The summed E-state index contributed by atoms with van der Waals surface area (Å²) in [6, 6.07) is 0. The molecule has 1 aliphatic carbocycles. The predicted molar refractivity (Wildman–Crippen MR) is 80.3 cm³/mol. The molecular weight excluding hydrogens is 330 g/mol. The maximum atomic E-state index is 10.6. The van der Waals surface area contributed by atoms with E-state index in [0.717, 1.165) is 28.8 Å². The van der Waals surface area contributed by atoms with Crippen molar-refractivity contribution in [2.45, 2.75) is 30.3 Å². The summed E-state index contributed by atoms with van der Waals surface area (Å²) >= 11 is 9.86. The Morgan fingerprint density at radius 1 is 1.58 bits per heavy atom. The van der Waals surface area contributed by atoms with Crippen molar-refractivity contribution >= 4 is 39.6 Å². The van der Waals surface area contributed by atoms with Gasteiger partial charge in [0.25, 0.3) is 0 Å². The van der Waals surface area contributed by atoms with E-state index in [0.29, 0.717) is 17.9 Å². The largest absolute Gasteiger partial charge is 0.384 e. The Morgan fingerprint density at radius 2 is 2.37 bits per heavy atom. The number of pyridine rings is 1. The monoisotopic (exact) mass is 343 g/mol. The standard InChI is InChI=1S/C13H15BrClN3O/c1-16-7-13(19)3-2-12(5-13)6-18-11-9(12)10(15)8(14)4-17-11/h4,7,19H,2-3,5-6H2,1H3,(H,17,18)/t12-,13+/m0/s1. The molecule has 102 valence electrons. The number of nitrogens with zero attached hydrogens (tertiary/aromatic N) is 2. The van der Waals surface area contributed by atoms with Crippen molar-refractivity contribution in [3.05, 3.63) is 21.3 Å². The number of hydrogen-bond donors (Lipinski definition) is 2. The second-order valence-corrected chi connectivity index (χ2v) is 6.68. The molecule has 1 spiro atoms. The van der Waals surface area contributed by atoms with Crippen molar-refractivity contribution in [3.63, 3.8) is 0 Å². The van der Waals surface area contributed by atoms with Gasteiger partial charge in [-0.3, -0.25) is 4.99 Å². The van der Waals surface area contributed by atoms with Gasteiger partial charge in [0.15, 0.2) is 0 Å². The maximum absolute atomic E-state index is 10.6. The molecule has 19 heavy (non-hydrogen) atoms. The molecule has 2 heterocycles. The van der Waals surface area contributed by atoms with E-state index in [4.69, 9.17) is 11.6 Å². The highest BCUT2D eigenvalue weighted by Crippen LogP contribution is 2.53.